The molecule has 26 heavy (non-hydrogen) atoms. The maximum absolute atomic E-state index is 12.6. The van der Waals surface area contributed by atoms with Crippen molar-refractivity contribution >= 4 is 18.0 Å². The Morgan fingerprint density at radius 2 is 2.08 bits per heavy atom. The molecule has 0 bridgehead atoms. The number of carbonyl (C=O) groups excluding carboxylic acids is 3. The van der Waals surface area contributed by atoms with Crippen molar-refractivity contribution < 1.29 is 29.0 Å². The minimum Gasteiger partial charge on any atom is -0.452 e. The molecule has 0 amide bonds. The van der Waals surface area contributed by atoms with Gasteiger partial charge < -0.3 is 14.6 Å². The fourth-order valence-corrected chi connectivity index (χ4v) is 5.38. The van der Waals surface area contributed by atoms with Crippen LogP contribution in [0.3, 0.4) is 0 Å². The van der Waals surface area contributed by atoms with Crippen LogP contribution in [-0.4, -0.2) is 46.6 Å². The minimum atomic E-state index is -1.11. The monoisotopic (exact) mass is 364 g/mol. The van der Waals surface area contributed by atoms with Crippen LogP contribution in [0, 0.1) is 23.7 Å². The Kier molecular flexibility index (Phi) is 4.86. The quantitative estimate of drug-likeness (QED) is 0.465. The van der Waals surface area contributed by atoms with E-state index in [2.05, 4.69) is 0 Å². The zero-order valence-electron chi connectivity index (χ0n) is 15.8. The maximum atomic E-state index is 12.6. The van der Waals surface area contributed by atoms with Crippen molar-refractivity contribution in [1.29, 1.82) is 0 Å². The summed E-state index contributed by atoms with van der Waals surface area (Å²) in [5.41, 5.74) is -2.08. The number of cyclic esters (lactones) is 1. The summed E-state index contributed by atoms with van der Waals surface area (Å²) in [6.07, 6.45) is 4.07. The number of aliphatic hydroxyl groups is 1. The lowest BCUT2D eigenvalue weighted by atomic mass is 9.58. The number of carbonyl (C=O) groups is 3. The average Bonchev–Trinajstić information content (AvgIpc) is 2.90. The Morgan fingerprint density at radius 3 is 2.69 bits per heavy atom. The van der Waals surface area contributed by atoms with E-state index in [4.69, 9.17) is 9.47 Å². The van der Waals surface area contributed by atoms with Gasteiger partial charge in [-0.15, -0.1) is 0 Å². The molecule has 0 aromatic carbocycles. The van der Waals surface area contributed by atoms with Crippen molar-refractivity contribution in [3.8, 4) is 0 Å². The molecule has 6 heteroatoms. The summed E-state index contributed by atoms with van der Waals surface area (Å²) in [7, 11) is 0. The highest BCUT2D eigenvalue weighted by molar-refractivity contribution is 5.76. The van der Waals surface area contributed by atoms with Crippen molar-refractivity contribution in [3.63, 3.8) is 0 Å². The third kappa shape index (κ3) is 3.03. The SMILES string of the molecule is CC(=O)C[C@@H]1O[C@H]2[C@H]3[C@@H](CC[C@@](C)(O)[C@H]31)[C@@H](C)C(=O)O[C@@]2(C)/C=C/C=O. The second-order valence-electron chi connectivity index (χ2n) is 8.55. The van der Waals surface area contributed by atoms with E-state index in [1.54, 1.807) is 19.9 Å². The predicted molar refractivity (Wildman–Crippen MR) is 93.2 cm³/mol. The number of ether oxygens (including phenoxy) is 2. The molecule has 3 aliphatic rings. The van der Waals surface area contributed by atoms with Gasteiger partial charge in [0.2, 0.25) is 0 Å². The summed E-state index contributed by atoms with van der Waals surface area (Å²) < 4.78 is 12.1. The molecule has 2 aliphatic heterocycles. The van der Waals surface area contributed by atoms with E-state index in [0.717, 1.165) is 0 Å². The van der Waals surface area contributed by atoms with E-state index >= 15 is 0 Å². The van der Waals surface area contributed by atoms with Gasteiger partial charge in [0.05, 0.1) is 17.6 Å². The normalized spacial score (nSPS) is 48.0. The Morgan fingerprint density at radius 1 is 1.38 bits per heavy atom. The first kappa shape index (κ1) is 19.2. The van der Waals surface area contributed by atoms with Gasteiger partial charge in [-0.3, -0.25) is 14.4 Å². The predicted octanol–water partition coefficient (Wildman–Crippen LogP) is 1.83. The van der Waals surface area contributed by atoms with E-state index in [-0.39, 0.29) is 41.8 Å². The Balaban J connectivity index is 2.10. The van der Waals surface area contributed by atoms with E-state index in [0.29, 0.717) is 19.1 Å². The van der Waals surface area contributed by atoms with Crippen LogP contribution < -0.4 is 0 Å². The fraction of sp³-hybridized carbons (Fsp3) is 0.750. The molecule has 6 nitrogen and oxygen atoms in total. The second kappa shape index (κ2) is 6.57. The molecular formula is C20H28O6. The maximum Gasteiger partial charge on any atom is 0.309 e. The lowest BCUT2D eigenvalue weighted by molar-refractivity contribution is -0.169. The number of allylic oxidation sites excluding steroid dienone is 1. The standard InChI is InChI=1S/C20H28O6/c1-11(22)10-14-16-15-13(6-8-19(16,3)24)12(2)18(23)26-20(4,7-5-9-21)17(15)25-14/h5,7,9,12-17,24H,6,8,10H2,1-4H3/b7-5+/t12-,13+,14+,15+,16+,17+,19-,20+/m1/s1. The Hall–Kier alpha value is -1.53. The lowest BCUT2D eigenvalue weighted by Crippen LogP contribution is -2.52. The van der Waals surface area contributed by atoms with Crippen LogP contribution in [0.1, 0.15) is 47.0 Å². The van der Waals surface area contributed by atoms with Gasteiger partial charge in [-0.2, -0.15) is 0 Å². The van der Waals surface area contributed by atoms with Crippen molar-refractivity contribution in [2.24, 2.45) is 23.7 Å². The fourth-order valence-electron chi connectivity index (χ4n) is 5.38. The van der Waals surface area contributed by atoms with Crippen LogP contribution in [0.5, 0.6) is 0 Å². The second-order valence-corrected chi connectivity index (χ2v) is 8.55. The smallest absolute Gasteiger partial charge is 0.309 e. The molecule has 1 N–H and O–H groups in total. The highest BCUT2D eigenvalue weighted by Crippen LogP contribution is 2.57. The molecule has 1 aliphatic carbocycles. The number of Topliss-reactive ketones (excluding diaryl/α,β-unsaturated/α-hetero) is 1. The molecular weight excluding hydrogens is 336 g/mol. The van der Waals surface area contributed by atoms with E-state index in [1.807, 2.05) is 6.92 Å². The van der Waals surface area contributed by atoms with Gasteiger partial charge in [0, 0.05) is 18.3 Å². The molecule has 3 fully saturated rings. The molecule has 0 aromatic rings. The van der Waals surface area contributed by atoms with Gasteiger partial charge in [-0.05, 0) is 51.7 Å². The van der Waals surface area contributed by atoms with E-state index in [9.17, 15) is 19.5 Å². The summed E-state index contributed by atoms with van der Waals surface area (Å²) in [6.45, 7) is 6.90. The molecule has 8 atom stereocenters. The van der Waals surface area contributed by atoms with Crippen LogP contribution in [0.2, 0.25) is 0 Å². The molecule has 144 valence electrons. The van der Waals surface area contributed by atoms with Crippen LogP contribution in [0.15, 0.2) is 12.2 Å². The van der Waals surface area contributed by atoms with Gasteiger partial charge in [-0.25, -0.2) is 0 Å². The van der Waals surface area contributed by atoms with Crippen molar-refractivity contribution in [2.45, 2.75) is 70.4 Å². The summed E-state index contributed by atoms with van der Waals surface area (Å²) in [5, 5.41) is 11.1. The molecule has 2 heterocycles. The number of hydrogen-bond donors (Lipinski definition) is 1. The third-order valence-electron chi connectivity index (χ3n) is 6.58. The van der Waals surface area contributed by atoms with Crippen LogP contribution in [-0.2, 0) is 23.9 Å². The lowest BCUT2D eigenvalue weighted by Gasteiger charge is -2.46. The number of rotatable bonds is 4. The van der Waals surface area contributed by atoms with E-state index in [1.165, 1.54) is 13.0 Å². The average molecular weight is 364 g/mol. The van der Waals surface area contributed by atoms with Gasteiger partial charge in [0.1, 0.15) is 18.2 Å². The first-order valence-corrected chi connectivity index (χ1v) is 9.34. The van der Waals surface area contributed by atoms with E-state index < -0.39 is 23.4 Å². The first-order valence-electron chi connectivity index (χ1n) is 9.34. The van der Waals surface area contributed by atoms with Gasteiger partial charge >= 0.3 is 5.97 Å². The minimum absolute atomic E-state index is 0.000405. The van der Waals surface area contributed by atoms with Gasteiger partial charge in [-0.1, -0.05) is 6.92 Å². The first-order chi connectivity index (χ1) is 12.1. The zero-order valence-corrected chi connectivity index (χ0v) is 15.8. The number of esters is 1. The van der Waals surface area contributed by atoms with Crippen molar-refractivity contribution in [2.75, 3.05) is 0 Å². The summed E-state index contributed by atoms with van der Waals surface area (Å²) in [5.74, 6) is -0.996. The number of hydrogen-bond acceptors (Lipinski definition) is 6. The highest BCUT2D eigenvalue weighted by atomic mass is 16.6. The Bertz CT molecular complexity index is 638. The molecule has 0 spiro atoms. The molecule has 2 saturated heterocycles. The molecule has 0 aromatic heterocycles. The molecule has 3 rings (SSSR count). The summed E-state index contributed by atoms with van der Waals surface area (Å²) in [4.78, 5) is 35.3. The largest absolute Gasteiger partial charge is 0.452 e. The highest BCUT2D eigenvalue weighted by Gasteiger charge is 2.64. The molecule has 0 radical (unpaired) electrons. The van der Waals surface area contributed by atoms with Crippen LogP contribution in [0.25, 0.3) is 0 Å². The van der Waals surface area contributed by atoms with Crippen LogP contribution in [0.4, 0.5) is 0 Å². The summed E-state index contributed by atoms with van der Waals surface area (Å²) >= 11 is 0. The zero-order chi connectivity index (χ0) is 19.3. The summed E-state index contributed by atoms with van der Waals surface area (Å²) in [6, 6.07) is 0. The van der Waals surface area contributed by atoms with Crippen molar-refractivity contribution in [1.82, 2.24) is 0 Å². The molecule has 1 saturated carbocycles. The van der Waals surface area contributed by atoms with Gasteiger partial charge in [0.15, 0.2) is 5.60 Å². The Labute approximate surface area is 153 Å². The number of aldehydes is 1. The van der Waals surface area contributed by atoms with Crippen LogP contribution >= 0.6 is 0 Å². The number of ketones is 1. The van der Waals surface area contributed by atoms with Crippen molar-refractivity contribution in [3.05, 3.63) is 12.2 Å². The third-order valence-corrected chi connectivity index (χ3v) is 6.58. The topological polar surface area (TPSA) is 89.9 Å². The van der Waals surface area contributed by atoms with Gasteiger partial charge in [0.25, 0.3) is 0 Å². The molecule has 0 unspecified atom stereocenters.